The molecule has 0 aliphatic heterocycles. The average Bonchev–Trinajstić information content (AvgIpc) is 3.13. The van der Waals surface area contributed by atoms with Gasteiger partial charge in [-0.15, -0.1) is 11.3 Å². The molecule has 9 heteroatoms. The number of carbonyl (C=O) groups excluding carboxylic acids is 1. The van der Waals surface area contributed by atoms with Crippen LogP contribution in [0.4, 0.5) is 0 Å². The molecule has 0 aliphatic rings. The maximum absolute atomic E-state index is 12.3. The molecule has 0 aliphatic carbocycles. The Labute approximate surface area is 143 Å². The summed E-state index contributed by atoms with van der Waals surface area (Å²) in [5.74, 6) is -0.0480. The number of nitrogens with one attached hydrogen (secondary N) is 2. The molecule has 0 unspecified atom stereocenters. The van der Waals surface area contributed by atoms with Crippen LogP contribution < -0.4 is 10.0 Å². The monoisotopic (exact) mass is 376 g/mol. The number of halogens is 1. The second kappa shape index (κ2) is 7.48. The van der Waals surface area contributed by atoms with Gasteiger partial charge in [0.05, 0.1) is 17.1 Å². The topological polar surface area (TPSA) is 88.4 Å². The Morgan fingerprint density at radius 1 is 1.35 bits per heavy atom. The van der Waals surface area contributed by atoms with Crippen molar-refractivity contribution in [2.24, 2.45) is 5.92 Å². The predicted molar refractivity (Wildman–Crippen MR) is 88.8 cm³/mol. The van der Waals surface area contributed by atoms with Gasteiger partial charge in [0.25, 0.3) is 10.0 Å². The van der Waals surface area contributed by atoms with Crippen molar-refractivity contribution in [3.05, 3.63) is 40.6 Å². The van der Waals surface area contributed by atoms with Gasteiger partial charge in [-0.1, -0.05) is 25.4 Å². The highest BCUT2D eigenvalue weighted by Crippen LogP contribution is 2.25. The van der Waals surface area contributed by atoms with E-state index >= 15 is 0 Å². The molecule has 0 bridgehead atoms. The molecule has 2 rings (SSSR count). The maximum Gasteiger partial charge on any atom is 0.250 e. The smallest absolute Gasteiger partial charge is 0.250 e. The SMILES string of the molecule is CC(C)[C@@H](NS(=O)(=O)c1ccc(Cl)s1)C(=O)NCc1ccco1. The van der Waals surface area contributed by atoms with Crippen LogP contribution in [0.3, 0.4) is 0 Å². The van der Waals surface area contributed by atoms with Gasteiger partial charge in [0, 0.05) is 0 Å². The van der Waals surface area contributed by atoms with Crippen LogP contribution in [-0.4, -0.2) is 20.4 Å². The van der Waals surface area contributed by atoms with Crippen LogP contribution in [0.2, 0.25) is 4.34 Å². The molecule has 0 saturated carbocycles. The number of furan rings is 1. The highest BCUT2D eigenvalue weighted by Gasteiger charge is 2.29. The first-order chi connectivity index (χ1) is 10.8. The van der Waals surface area contributed by atoms with Gasteiger partial charge in [-0.3, -0.25) is 4.79 Å². The summed E-state index contributed by atoms with van der Waals surface area (Å²) in [7, 11) is -3.80. The molecular formula is C14H17ClN2O4S2. The Kier molecular flexibility index (Phi) is 5.85. The summed E-state index contributed by atoms with van der Waals surface area (Å²) in [4.78, 5) is 12.3. The van der Waals surface area contributed by atoms with Crippen LogP contribution in [0, 0.1) is 5.92 Å². The fourth-order valence-corrected chi connectivity index (χ4v) is 4.70. The van der Waals surface area contributed by atoms with Crippen LogP contribution in [-0.2, 0) is 21.4 Å². The van der Waals surface area contributed by atoms with E-state index in [2.05, 4.69) is 10.0 Å². The van der Waals surface area contributed by atoms with E-state index in [4.69, 9.17) is 16.0 Å². The number of amides is 1. The molecule has 2 aromatic rings. The number of carbonyl (C=O) groups is 1. The lowest BCUT2D eigenvalue weighted by Gasteiger charge is -2.21. The summed E-state index contributed by atoms with van der Waals surface area (Å²) in [5.41, 5.74) is 0. The highest BCUT2D eigenvalue weighted by molar-refractivity contribution is 7.91. The van der Waals surface area contributed by atoms with E-state index in [-0.39, 0.29) is 16.7 Å². The summed E-state index contributed by atoms with van der Waals surface area (Å²) in [6.07, 6.45) is 1.50. The molecule has 23 heavy (non-hydrogen) atoms. The zero-order chi connectivity index (χ0) is 17.0. The third kappa shape index (κ3) is 4.81. The first-order valence-corrected chi connectivity index (χ1v) is 9.55. The number of rotatable bonds is 7. The summed E-state index contributed by atoms with van der Waals surface area (Å²) in [5, 5.41) is 2.66. The van der Waals surface area contributed by atoms with Crippen LogP contribution in [0.1, 0.15) is 19.6 Å². The van der Waals surface area contributed by atoms with Crippen molar-refractivity contribution >= 4 is 38.9 Å². The second-order valence-electron chi connectivity index (χ2n) is 5.20. The fraction of sp³-hybridized carbons (Fsp3) is 0.357. The minimum absolute atomic E-state index is 0.0759. The Balaban J connectivity index is 2.07. The maximum atomic E-state index is 12.3. The highest BCUT2D eigenvalue weighted by atomic mass is 35.5. The van der Waals surface area contributed by atoms with Crippen LogP contribution in [0.15, 0.2) is 39.2 Å². The summed E-state index contributed by atoms with van der Waals surface area (Å²) < 4.78 is 32.7. The van der Waals surface area contributed by atoms with Crippen LogP contribution in [0.25, 0.3) is 0 Å². The van der Waals surface area contributed by atoms with Gasteiger partial charge < -0.3 is 9.73 Å². The molecule has 0 saturated heterocycles. The Hall–Kier alpha value is -1.35. The third-order valence-electron chi connectivity index (χ3n) is 3.06. The number of hydrogen-bond donors (Lipinski definition) is 2. The van der Waals surface area contributed by atoms with E-state index < -0.39 is 22.0 Å². The molecule has 126 valence electrons. The molecule has 2 aromatic heterocycles. The lowest BCUT2D eigenvalue weighted by Crippen LogP contribution is -2.49. The largest absolute Gasteiger partial charge is 0.467 e. The average molecular weight is 377 g/mol. The second-order valence-corrected chi connectivity index (χ2v) is 8.85. The number of thiophene rings is 1. The zero-order valence-corrected chi connectivity index (χ0v) is 15.0. The molecule has 2 heterocycles. The van der Waals surface area contributed by atoms with Gasteiger partial charge >= 0.3 is 0 Å². The zero-order valence-electron chi connectivity index (χ0n) is 12.6. The van der Waals surface area contributed by atoms with Gasteiger partial charge in [0.15, 0.2) is 0 Å². The first kappa shape index (κ1) is 18.0. The van der Waals surface area contributed by atoms with Crippen LogP contribution >= 0.6 is 22.9 Å². The van der Waals surface area contributed by atoms with Crippen molar-refractivity contribution in [1.82, 2.24) is 10.0 Å². The summed E-state index contributed by atoms with van der Waals surface area (Å²) in [6.45, 7) is 3.73. The quantitative estimate of drug-likeness (QED) is 0.777. The number of sulfonamides is 1. The molecule has 0 spiro atoms. The van der Waals surface area contributed by atoms with E-state index in [1.54, 1.807) is 26.0 Å². The van der Waals surface area contributed by atoms with E-state index in [0.717, 1.165) is 11.3 Å². The van der Waals surface area contributed by atoms with E-state index in [1.807, 2.05) is 0 Å². The Bertz CT molecular complexity index is 754. The minimum atomic E-state index is -3.80. The first-order valence-electron chi connectivity index (χ1n) is 6.87. The third-order valence-corrected chi connectivity index (χ3v) is 6.23. The van der Waals surface area contributed by atoms with Gasteiger partial charge in [0.2, 0.25) is 5.91 Å². The van der Waals surface area contributed by atoms with E-state index in [0.29, 0.717) is 10.1 Å². The molecule has 1 atom stereocenters. The molecule has 0 fully saturated rings. The Morgan fingerprint density at radius 3 is 2.61 bits per heavy atom. The molecule has 6 nitrogen and oxygen atoms in total. The molecule has 0 radical (unpaired) electrons. The summed E-state index contributed by atoms with van der Waals surface area (Å²) in [6, 6.07) is 5.46. The van der Waals surface area contributed by atoms with Gasteiger partial charge in [-0.05, 0) is 30.2 Å². The van der Waals surface area contributed by atoms with Crippen molar-refractivity contribution in [1.29, 1.82) is 0 Å². The molecule has 2 N–H and O–H groups in total. The lowest BCUT2D eigenvalue weighted by molar-refractivity contribution is -0.123. The molecule has 1 amide bonds. The van der Waals surface area contributed by atoms with E-state index in [1.165, 1.54) is 18.4 Å². The van der Waals surface area contributed by atoms with Gasteiger partial charge in [0.1, 0.15) is 16.0 Å². The Morgan fingerprint density at radius 2 is 2.09 bits per heavy atom. The van der Waals surface area contributed by atoms with Gasteiger partial charge in [-0.25, -0.2) is 8.42 Å². The van der Waals surface area contributed by atoms with Crippen molar-refractivity contribution < 1.29 is 17.6 Å². The van der Waals surface area contributed by atoms with E-state index in [9.17, 15) is 13.2 Å². The summed E-state index contributed by atoms with van der Waals surface area (Å²) >= 11 is 6.71. The van der Waals surface area contributed by atoms with Crippen molar-refractivity contribution in [2.45, 2.75) is 30.6 Å². The van der Waals surface area contributed by atoms with Crippen molar-refractivity contribution in [2.75, 3.05) is 0 Å². The van der Waals surface area contributed by atoms with Crippen LogP contribution in [0.5, 0.6) is 0 Å². The number of hydrogen-bond acceptors (Lipinski definition) is 5. The fourth-order valence-electron chi connectivity index (χ4n) is 1.86. The van der Waals surface area contributed by atoms with Gasteiger partial charge in [-0.2, -0.15) is 4.72 Å². The standard InChI is InChI=1S/C14H17ClN2O4S2/c1-9(2)13(14(18)16-8-10-4-3-7-21-10)17-23(19,20)12-6-5-11(15)22-12/h3-7,9,13,17H,8H2,1-2H3,(H,16,18)/t13-/m1/s1. The van der Waals surface area contributed by atoms with Crippen molar-refractivity contribution in [3.63, 3.8) is 0 Å². The normalized spacial score (nSPS) is 13.2. The predicted octanol–water partition coefficient (Wildman–Crippen LogP) is 2.61. The lowest BCUT2D eigenvalue weighted by atomic mass is 10.1. The minimum Gasteiger partial charge on any atom is -0.467 e. The molecule has 0 aromatic carbocycles. The molecular weight excluding hydrogens is 360 g/mol. The van der Waals surface area contributed by atoms with Crippen molar-refractivity contribution in [3.8, 4) is 0 Å².